The molecule has 0 aliphatic carbocycles. The minimum absolute atomic E-state index is 0.101. The van der Waals surface area contributed by atoms with Gasteiger partial charge in [0.1, 0.15) is 19.3 Å². The van der Waals surface area contributed by atoms with Crippen molar-refractivity contribution < 1.29 is 80.2 Å². The monoisotopic (exact) mass is 1210 g/mol. The lowest BCUT2D eigenvalue weighted by Crippen LogP contribution is -2.30. The SMILES string of the molecule is CCC(C)CCCCCCCCCCC(=O)O[C@H](COC(=O)CCCCCCCCC(C)C)COP(=O)(O)OC[C@H](O)COP(=O)(O)OC[C@@H](COC(=O)CCCCCCCCCCCC(C)C)OC(=O)CCCCCCCCC(C)C. The minimum Gasteiger partial charge on any atom is -0.462 e. The van der Waals surface area contributed by atoms with Crippen molar-refractivity contribution in [3.05, 3.63) is 0 Å². The second kappa shape index (κ2) is 53.3. The van der Waals surface area contributed by atoms with Crippen LogP contribution in [0.4, 0.5) is 0 Å². The molecule has 0 aliphatic rings. The molecule has 0 aliphatic heterocycles. The number of hydrogen-bond donors (Lipinski definition) is 3. The molecular weight excluding hydrogens is 1090 g/mol. The summed E-state index contributed by atoms with van der Waals surface area (Å²) in [5.74, 6) is 0.716. The average Bonchev–Trinajstić information content (AvgIpc) is 3.44. The van der Waals surface area contributed by atoms with E-state index in [0.29, 0.717) is 37.5 Å². The van der Waals surface area contributed by atoms with E-state index in [1.165, 1.54) is 96.3 Å². The molecule has 3 unspecified atom stereocenters. The van der Waals surface area contributed by atoms with Gasteiger partial charge < -0.3 is 33.8 Å². The number of aliphatic hydroxyl groups is 1. The quantitative estimate of drug-likeness (QED) is 0.0222. The van der Waals surface area contributed by atoms with Gasteiger partial charge in [-0.05, 0) is 49.4 Å². The summed E-state index contributed by atoms with van der Waals surface area (Å²) < 4.78 is 67.9. The van der Waals surface area contributed by atoms with Gasteiger partial charge in [-0.25, -0.2) is 9.13 Å². The zero-order valence-electron chi connectivity index (χ0n) is 53.1. The molecular formula is C63H122O17P2. The summed E-state index contributed by atoms with van der Waals surface area (Å²) in [4.78, 5) is 72.1. The predicted octanol–water partition coefficient (Wildman–Crippen LogP) is 17.0. The predicted molar refractivity (Wildman–Crippen MR) is 326 cm³/mol. The molecule has 0 rings (SSSR count). The van der Waals surface area contributed by atoms with Crippen molar-refractivity contribution in [1.82, 2.24) is 0 Å². The molecule has 0 aromatic carbocycles. The minimum atomic E-state index is -4.94. The number of hydrogen-bond acceptors (Lipinski definition) is 15. The van der Waals surface area contributed by atoms with Crippen LogP contribution in [0.2, 0.25) is 0 Å². The Morgan fingerprint density at radius 3 is 0.866 bits per heavy atom. The van der Waals surface area contributed by atoms with Crippen LogP contribution in [0.3, 0.4) is 0 Å². The van der Waals surface area contributed by atoms with E-state index in [2.05, 4.69) is 55.4 Å². The number of unbranched alkanes of at least 4 members (excludes halogenated alkanes) is 25. The van der Waals surface area contributed by atoms with Crippen LogP contribution in [0.15, 0.2) is 0 Å². The van der Waals surface area contributed by atoms with E-state index in [-0.39, 0.29) is 25.7 Å². The Bertz CT molecular complexity index is 1650. The number of phosphoric acid groups is 2. The molecule has 0 bridgehead atoms. The van der Waals surface area contributed by atoms with Gasteiger partial charge in [-0.3, -0.25) is 37.3 Å². The van der Waals surface area contributed by atoms with E-state index in [1.54, 1.807) is 0 Å². The van der Waals surface area contributed by atoms with Crippen LogP contribution in [0.25, 0.3) is 0 Å². The van der Waals surface area contributed by atoms with Gasteiger partial charge in [0.25, 0.3) is 0 Å². The van der Waals surface area contributed by atoms with E-state index in [4.69, 9.17) is 37.0 Å². The molecule has 0 saturated carbocycles. The van der Waals surface area contributed by atoms with Crippen LogP contribution in [0.5, 0.6) is 0 Å². The summed E-state index contributed by atoms with van der Waals surface area (Å²) in [6, 6.07) is 0. The first kappa shape index (κ1) is 80.1. The fourth-order valence-corrected chi connectivity index (χ4v) is 10.8. The normalized spacial score (nSPS) is 14.8. The Morgan fingerprint density at radius 1 is 0.341 bits per heavy atom. The van der Waals surface area contributed by atoms with Crippen molar-refractivity contribution in [2.75, 3.05) is 39.6 Å². The van der Waals surface area contributed by atoms with Gasteiger partial charge in [0.15, 0.2) is 12.2 Å². The summed E-state index contributed by atoms with van der Waals surface area (Å²) >= 11 is 0. The zero-order valence-corrected chi connectivity index (χ0v) is 54.9. The van der Waals surface area contributed by atoms with Crippen molar-refractivity contribution in [3.63, 3.8) is 0 Å². The molecule has 0 spiro atoms. The fourth-order valence-electron chi connectivity index (χ4n) is 9.22. The first-order valence-electron chi connectivity index (χ1n) is 32.7. The lowest BCUT2D eigenvalue weighted by Gasteiger charge is -2.21. The standard InChI is InChI=1S/C63H122O17P2/c1-9-56(8)42-34-26-16-13-14-18-29-37-45-62(67)79-58(50-74-61(66)44-36-28-21-19-24-32-40-54(4)5)51-77-81(69,70)75-47-57(64)48-76-82(71,72)78-52-59(80-63(68)46-38-30-22-20-25-33-41-55(6)7)49-73-60(65)43-35-27-17-12-10-11-15-23-31-39-53(2)3/h53-59,64H,9-52H2,1-8H3,(H,69,70)(H,71,72)/t56?,57-,58+,59+/m0/s1. The molecule has 19 heteroatoms. The van der Waals surface area contributed by atoms with Crippen molar-refractivity contribution >= 4 is 39.5 Å². The number of esters is 4. The Labute approximate surface area is 498 Å². The molecule has 0 amide bonds. The van der Waals surface area contributed by atoms with Crippen LogP contribution in [0, 0.1) is 23.7 Å². The molecule has 0 fully saturated rings. The Hall–Kier alpha value is -1.94. The van der Waals surface area contributed by atoms with E-state index in [1.807, 2.05) is 0 Å². The zero-order chi connectivity index (χ0) is 61.1. The van der Waals surface area contributed by atoms with Crippen LogP contribution >= 0.6 is 15.6 Å². The van der Waals surface area contributed by atoms with Crippen LogP contribution < -0.4 is 0 Å². The lowest BCUT2D eigenvalue weighted by atomic mass is 9.99. The number of aliphatic hydroxyl groups excluding tert-OH is 1. The van der Waals surface area contributed by atoms with E-state index >= 15 is 0 Å². The summed E-state index contributed by atoms with van der Waals surface area (Å²) in [5, 5.41) is 10.5. The van der Waals surface area contributed by atoms with Crippen molar-refractivity contribution in [1.29, 1.82) is 0 Å². The Morgan fingerprint density at radius 2 is 0.585 bits per heavy atom. The fraction of sp³-hybridized carbons (Fsp3) is 0.937. The summed E-state index contributed by atoms with van der Waals surface area (Å²) in [5.41, 5.74) is 0. The number of ether oxygens (including phenoxy) is 4. The Balaban J connectivity index is 5.24. The van der Waals surface area contributed by atoms with E-state index in [0.717, 1.165) is 108 Å². The van der Waals surface area contributed by atoms with Gasteiger partial charge >= 0.3 is 39.5 Å². The van der Waals surface area contributed by atoms with Crippen molar-refractivity contribution in [3.8, 4) is 0 Å². The lowest BCUT2D eigenvalue weighted by molar-refractivity contribution is -0.161. The maximum absolute atomic E-state index is 12.9. The third-order valence-electron chi connectivity index (χ3n) is 14.7. The van der Waals surface area contributed by atoms with Gasteiger partial charge in [0, 0.05) is 25.7 Å². The molecule has 0 aromatic rings. The highest BCUT2D eigenvalue weighted by Crippen LogP contribution is 2.45. The number of rotatable bonds is 60. The van der Waals surface area contributed by atoms with Crippen molar-refractivity contribution in [2.45, 2.75) is 318 Å². The second-order valence-corrected chi connectivity index (χ2v) is 27.4. The summed E-state index contributed by atoms with van der Waals surface area (Å²) in [7, 11) is -9.89. The maximum atomic E-state index is 12.9. The maximum Gasteiger partial charge on any atom is 0.472 e. The van der Waals surface area contributed by atoms with Gasteiger partial charge in [0.05, 0.1) is 26.4 Å². The highest BCUT2D eigenvalue weighted by molar-refractivity contribution is 7.47. The highest BCUT2D eigenvalue weighted by Gasteiger charge is 2.30. The summed E-state index contributed by atoms with van der Waals surface area (Å²) in [6.07, 6.45) is 32.4. The van der Waals surface area contributed by atoms with Gasteiger partial charge in [-0.1, -0.05) is 248 Å². The molecule has 82 heavy (non-hydrogen) atoms. The number of phosphoric ester groups is 2. The van der Waals surface area contributed by atoms with E-state index < -0.39 is 97.5 Å². The largest absolute Gasteiger partial charge is 0.472 e. The smallest absolute Gasteiger partial charge is 0.462 e. The first-order valence-corrected chi connectivity index (χ1v) is 35.7. The van der Waals surface area contributed by atoms with Crippen molar-refractivity contribution in [2.24, 2.45) is 23.7 Å². The van der Waals surface area contributed by atoms with Gasteiger partial charge in [-0.2, -0.15) is 0 Å². The second-order valence-electron chi connectivity index (χ2n) is 24.5. The van der Waals surface area contributed by atoms with Gasteiger partial charge in [0.2, 0.25) is 0 Å². The first-order chi connectivity index (χ1) is 39.1. The third kappa shape index (κ3) is 55.9. The summed E-state index contributed by atoms with van der Waals surface area (Å²) in [6.45, 7) is 13.9. The molecule has 0 radical (unpaired) electrons. The number of carbonyl (C=O) groups is 4. The van der Waals surface area contributed by atoms with E-state index in [9.17, 15) is 43.2 Å². The Kier molecular flexibility index (Phi) is 52.0. The topological polar surface area (TPSA) is 237 Å². The molecule has 6 atom stereocenters. The van der Waals surface area contributed by atoms with Crippen LogP contribution in [-0.4, -0.2) is 96.7 Å². The van der Waals surface area contributed by atoms with Gasteiger partial charge in [-0.15, -0.1) is 0 Å². The number of carbonyl (C=O) groups excluding carboxylic acids is 4. The van der Waals surface area contributed by atoms with Crippen LogP contribution in [0.1, 0.15) is 299 Å². The highest BCUT2D eigenvalue weighted by atomic mass is 31.2. The van der Waals surface area contributed by atoms with Crippen LogP contribution in [-0.2, 0) is 65.4 Å². The molecule has 3 N–H and O–H groups in total. The molecule has 0 heterocycles. The molecule has 0 aromatic heterocycles. The average molecular weight is 1210 g/mol. The molecule has 0 saturated heterocycles. The molecule has 17 nitrogen and oxygen atoms in total. The third-order valence-corrected chi connectivity index (χ3v) is 16.6. The molecule has 486 valence electrons.